The van der Waals surface area contributed by atoms with Crippen molar-refractivity contribution in [2.45, 2.75) is 25.4 Å². The highest BCUT2D eigenvalue weighted by Gasteiger charge is 2.52. The number of carbonyl (C=O) groups excluding carboxylic acids is 1. The lowest BCUT2D eigenvalue weighted by molar-refractivity contribution is -0.133. The van der Waals surface area contributed by atoms with E-state index in [1.165, 1.54) is 13.0 Å². The molecule has 0 radical (unpaired) electrons. The van der Waals surface area contributed by atoms with E-state index in [9.17, 15) is 4.79 Å². The van der Waals surface area contributed by atoms with E-state index in [2.05, 4.69) is 9.80 Å². The molecule has 0 saturated carbocycles. The second-order valence-electron chi connectivity index (χ2n) is 4.36. The minimum atomic E-state index is 0.286. The highest BCUT2D eigenvalue weighted by atomic mass is 16.2. The van der Waals surface area contributed by atoms with Crippen molar-refractivity contribution in [2.24, 2.45) is 5.92 Å². The zero-order valence-corrected chi connectivity index (χ0v) is 7.36. The molecule has 1 amide bonds. The summed E-state index contributed by atoms with van der Waals surface area (Å²) in [5.74, 6) is 1.08. The van der Waals surface area contributed by atoms with E-state index in [0.29, 0.717) is 12.1 Å². The number of hydrogen-bond donors (Lipinski definition) is 0. The Hall–Kier alpha value is -0.570. The van der Waals surface area contributed by atoms with Gasteiger partial charge in [0.05, 0.1) is 0 Å². The predicted molar refractivity (Wildman–Crippen MR) is 44.6 cm³/mol. The Kier molecular flexibility index (Phi) is 1.16. The van der Waals surface area contributed by atoms with Gasteiger partial charge in [-0.15, -0.1) is 0 Å². The van der Waals surface area contributed by atoms with Crippen molar-refractivity contribution in [1.29, 1.82) is 0 Å². The summed E-state index contributed by atoms with van der Waals surface area (Å²) in [7, 11) is 0. The van der Waals surface area contributed by atoms with E-state index in [1.807, 2.05) is 0 Å². The summed E-state index contributed by atoms with van der Waals surface area (Å²) in [5.41, 5.74) is 0. The van der Waals surface area contributed by atoms with Gasteiger partial charge in [0.1, 0.15) is 0 Å². The largest absolute Gasteiger partial charge is 0.334 e. The molecule has 4 aliphatic heterocycles. The van der Waals surface area contributed by atoms with Gasteiger partial charge < -0.3 is 4.90 Å². The van der Waals surface area contributed by atoms with Crippen molar-refractivity contribution in [2.75, 3.05) is 19.6 Å². The molecule has 0 aromatic rings. The van der Waals surface area contributed by atoms with E-state index >= 15 is 0 Å². The maximum Gasteiger partial charge on any atom is 0.220 e. The Morgan fingerprint density at radius 1 is 1.33 bits per heavy atom. The smallest absolute Gasteiger partial charge is 0.220 e. The molecular formula is C9H14N2O. The van der Waals surface area contributed by atoms with Gasteiger partial charge in [0.2, 0.25) is 5.91 Å². The molecule has 4 unspecified atom stereocenters. The van der Waals surface area contributed by atoms with Crippen LogP contribution in [0.2, 0.25) is 0 Å². The lowest BCUT2D eigenvalue weighted by Crippen LogP contribution is -2.52. The van der Waals surface area contributed by atoms with Gasteiger partial charge in [-0.25, -0.2) is 0 Å². The zero-order valence-electron chi connectivity index (χ0n) is 7.36. The van der Waals surface area contributed by atoms with Crippen LogP contribution in [0.15, 0.2) is 0 Å². The van der Waals surface area contributed by atoms with Gasteiger partial charge in [-0.1, -0.05) is 0 Å². The number of rotatable bonds is 0. The molecule has 4 heterocycles. The van der Waals surface area contributed by atoms with Gasteiger partial charge in [0, 0.05) is 38.6 Å². The number of piperidine rings is 1. The van der Waals surface area contributed by atoms with Crippen molar-refractivity contribution in [3.8, 4) is 0 Å². The number of nitrogens with zero attached hydrogens (tertiary/aromatic N) is 2. The number of carbonyl (C=O) groups is 1. The minimum absolute atomic E-state index is 0.286. The molecule has 3 nitrogen and oxygen atoms in total. The Morgan fingerprint density at radius 2 is 2.17 bits per heavy atom. The van der Waals surface area contributed by atoms with Crippen LogP contribution in [-0.4, -0.2) is 47.4 Å². The SMILES string of the molecule is CC(=O)N1C2CC3CN(C2)CC31. The summed E-state index contributed by atoms with van der Waals surface area (Å²) >= 11 is 0. The molecule has 0 aliphatic carbocycles. The van der Waals surface area contributed by atoms with Gasteiger partial charge in [-0.05, 0) is 12.3 Å². The Morgan fingerprint density at radius 3 is 2.83 bits per heavy atom. The summed E-state index contributed by atoms with van der Waals surface area (Å²) in [4.78, 5) is 16.0. The van der Waals surface area contributed by atoms with Gasteiger partial charge in [-0.2, -0.15) is 0 Å². The average molecular weight is 166 g/mol. The molecule has 12 heavy (non-hydrogen) atoms. The molecule has 4 fully saturated rings. The van der Waals surface area contributed by atoms with Crippen LogP contribution in [0.1, 0.15) is 13.3 Å². The highest BCUT2D eigenvalue weighted by Crippen LogP contribution is 2.40. The number of hydrogen-bond acceptors (Lipinski definition) is 2. The Bertz CT molecular complexity index is 237. The normalized spacial score (nSPS) is 48.9. The van der Waals surface area contributed by atoms with Crippen LogP contribution in [-0.2, 0) is 4.79 Å². The number of amides is 1. The molecule has 4 aliphatic rings. The van der Waals surface area contributed by atoms with Crippen molar-refractivity contribution in [1.82, 2.24) is 9.80 Å². The molecule has 0 N–H and O–H groups in total. The van der Waals surface area contributed by atoms with E-state index in [1.54, 1.807) is 6.92 Å². The zero-order chi connectivity index (χ0) is 8.29. The average Bonchev–Trinajstić information content (AvgIpc) is 2.38. The van der Waals surface area contributed by atoms with E-state index in [4.69, 9.17) is 0 Å². The fourth-order valence-electron chi connectivity index (χ4n) is 3.32. The van der Waals surface area contributed by atoms with Gasteiger partial charge in [0.25, 0.3) is 0 Å². The first kappa shape index (κ1) is 6.89. The third-order valence-corrected chi connectivity index (χ3v) is 3.64. The molecule has 4 atom stereocenters. The molecule has 3 heteroatoms. The van der Waals surface area contributed by atoms with Crippen LogP contribution in [0.4, 0.5) is 0 Å². The molecular weight excluding hydrogens is 152 g/mol. The highest BCUT2D eigenvalue weighted by molar-refractivity contribution is 5.74. The topological polar surface area (TPSA) is 23.6 Å². The predicted octanol–water partition coefficient (Wildman–Crippen LogP) is -0.0788. The fraction of sp³-hybridized carbons (Fsp3) is 0.889. The Labute approximate surface area is 72.3 Å². The van der Waals surface area contributed by atoms with Crippen LogP contribution in [0, 0.1) is 5.92 Å². The van der Waals surface area contributed by atoms with Crippen LogP contribution >= 0.6 is 0 Å². The first-order valence-electron chi connectivity index (χ1n) is 4.77. The van der Waals surface area contributed by atoms with Crippen LogP contribution in [0.5, 0.6) is 0 Å². The minimum Gasteiger partial charge on any atom is -0.334 e. The summed E-state index contributed by atoms with van der Waals surface area (Å²) < 4.78 is 0. The van der Waals surface area contributed by atoms with Crippen LogP contribution < -0.4 is 0 Å². The molecule has 0 aromatic carbocycles. The first-order valence-corrected chi connectivity index (χ1v) is 4.77. The lowest BCUT2D eigenvalue weighted by Gasteiger charge is -2.37. The van der Waals surface area contributed by atoms with E-state index in [-0.39, 0.29) is 5.91 Å². The monoisotopic (exact) mass is 166 g/mol. The summed E-state index contributed by atoms with van der Waals surface area (Å²) in [6.45, 7) is 5.22. The summed E-state index contributed by atoms with van der Waals surface area (Å²) in [6.07, 6.45) is 1.26. The molecule has 4 saturated heterocycles. The van der Waals surface area contributed by atoms with Gasteiger partial charge >= 0.3 is 0 Å². The van der Waals surface area contributed by atoms with Crippen molar-refractivity contribution < 1.29 is 4.79 Å². The fourth-order valence-corrected chi connectivity index (χ4v) is 3.32. The van der Waals surface area contributed by atoms with Crippen molar-refractivity contribution >= 4 is 5.91 Å². The number of piperazine rings is 1. The van der Waals surface area contributed by atoms with Crippen LogP contribution in [0.3, 0.4) is 0 Å². The third-order valence-electron chi connectivity index (χ3n) is 3.64. The van der Waals surface area contributed by atoms with Crippen molar-refractivity contribution in [3.63, 3.8) is 0 Å². The second kappa shape index (κ2) is 2.02. The first-order chi connectivity index (χ1) is 5.75. The maximum absolute atomic E-state index is 11.3. The van der Waals surface area contributed by atoms with Crippen molar-refractivity contribution in [3.05, 3.63) is 0 Å². The maximum atomic E-state index is 11.3. The summed E-state index contributed by atoms with van der Waals surface area (Å²) in [5, 5.41) is 0. The quantitative estimate of drug-likeness (QED) is 0.502. The molecule has 66 valence electrons. The molecule has 4 rings (SSSR count). The summed E-state index contributed by atoms with van der Waals surface area (Å²) in [6, 6.07) is 1.13. The second-order valence-corrected chi connectivity index (χ2v) is 4.36. The van der Waals surface area contributed by atoms with Gasteiger partial charge in [-0.3, -0.25) is 9.69 Å². The van der Waals surface area contributed by atoms with Crippen LogP contribution in [0.25, 0.3) is 0 Å². The third kappa shape index (κ3) is 0.678. The van der Waals surface area contributed by atoms with E-state index < -0.39 is 0 Å². The Balaban J connectivity index is 1.94. The molecule has 0 spiro atoms. The molecule has 4 bridgehead atoms. The lowest BCUT2D eigenvalue weighted by atomic mass is 10.0. The van der Waals surface area contributed by atoms with E-state index in [0.717, 1.165) is 19.0 Å². The van der Waals surface area contributed by atoms with Gasteiger partial charge in [0.15, 0.2) is 0 Å². The standard InChI is InChI=1S/C9H14N2O/c1-6(12)11-8-2-7-3-10(4-8)5-9(7)11/h7-9H,2-5H2,1H3. The molecule has 0 aromatic heterocycles.